The quantitative estimate of drug-likeness (QED) is 0.886. The molecule has 1 aromatic carbocycles. The molecule has 0 atom stereocenters. The van der Waals surface area contributed by atoms with E-state index in [2.05, 4.69) is 24.0 Å². The van der Waals surface area contributed by atoms with Crippen LogP contribution in [0.25, 0.3) is 5.57 Å². The summed E-state index contributed by atoms with van der Waals surface area (Å²) in [6, 6.07) is 10.8. The Morgan fingerprint density at radius 1 is 1.29 bits per heavy atom. The van der Waals surface area contributed by atoms with Crippen LogP contribution in [0.15, 0.2) is 36.9 Å². The molecule has 0 saturated carbocycles. The number of nitrogens with one attached hydrogen (secondary N) is 1. The van der Waals surface area contributed by atoms with Crippen LogP contribution >= 0.6 is 0 Å². The molecule has 17 heavy (non-hydrogen) atoms. The molecule has 0 unspecified atom stereocenters. The molecular weight excluding hydrogens is 230 g/mol. The lowest BCUT2D eigenvalue weighted by Gasteiger charge is -2.23. The molecule has 1 saturated heterocycles. The van der Waals surface area contributed by atoms with Crippen molar-refractivity contribution in [2.45, 2.75) is 18.9 Å². The molecular formula is C14H19NOS. The van der Waals surface area contributed by atoms with Gasteiger partial charge in [-0.25, -0.2) is 0 Å². The van der Waals surface area contributed by atoms with E-state index >= 15 is 0 Å². The standard InChI is InChI=1S/C14H19NOS/c1-12(13-5-3-2-4-6-13)11-15-14-7-9-17(16)10-8-14/h2-6,14-15H,1,7-11H2. The fraction of sp³-hybridized carbons (Fsp3) is 0.429. The van der Waals surface area contributed by atoms with E-state index in [-0.39, 0.29) is 0 Å². The summed E-state index contributed by atoms with van der Waals surface area (Å²) in [5.41, 5.74) is 2.32. The van der Waals surface area contributed by atoms with Crippen LogP contribution in [0.3, 0.4) is 0 Å². The molecule has 1 aliphatic heterocycles. The summed E-state index contributed by atoms with van der Waals surface area (Å²) in [7, 11) is -0.574. The molecule has 1 fully saturated rings. The predicted molar refractivity (Wildman–Crippen MR) is 74.4 cm³/mol. The Labute approximate surface area is 106 Å². The highest BCUT2D eigenvalue weighted by atomic mass is 32.2. The van der Waals surface area contributed by atoms with Crippen LogP contribution < -0.4 is 5.32 Å². The van der Waals surface area contributed by atoms with Gasteiger partial charge in [0.15, 0.2) is 0 Å². The zero-order chi connectivity index (χ0) is 12.1. The van der Waals surface area contributed by atoms with Gasteiger partial charge < -0.3 is 5.32 Å². The Hall–Kier alpha value is -0.930. The molecule has 1 aromatic rings. The zero-order valence-corrected chi connectivity index (χ0v) is 10.8. The van der Waals surface area contributed by atoms with Gasteiger partial charge in [-0.05, 0) is 24.0 Å². The van der Waals surface area contributed by atoms with Crippen molar-refractivity contribution in [1.29, 1.82) is 0 Å². The Kier molecular flexibility index (Phi) is 4.51. The van der Waals surface area contributed by atoms with Gasteiger partial charge in [0.1, 0.15) is 0 Å². The SMILES string of the molecule is C=C(CNC1CCS(=O)CC1)c1ccccc1. The fourth-order valence-corrected chi connectivity index (χ4v) is 3.34. The highest BCUT2D eigenvalue weighted by Crippen LogP contribution is 2.13. The second-order valence-electron chi connectivity index (χ2n) is 4.47. The summed E-state index contributed by atoms with van der Waals surface area (Å²) >= 11 is 0. The monoisotopic (exact) mass is 249 g/mol. The van der Waals surface area contributed by atoms with Crippen molar-refractivity contribution in [1.82, 2.24) is 5.32 Å². The number of hydrogen-bond donors (Lipinski definition) is 1. The molecule has 0 radical (unpaired) electrons. The molecule has 92 valence electrons. The molecule has 0 spiro atoms. The molecule has 0 aromatic heterocycles. The Balaban J connectivity index is 1.79. The van der Waals surface area contributed by atoms with E-state index in [4.69, 9.17) is 0 Å². The van der Waals surface area contributed by atoms with Crippen molar-refractivity contribution >= 4 is 16.4 Å². The van der Waals surface area contributed by atoms with Crippen LogP contribution in [-0.4, -0.2) is 28.3 Å². The lowest BCUT2D eigenvalue weighted by atomic mass is 10.1. The summed E-state index contributed by atoms with van der Waals surface area (Å²) < 4.78 is 11.2. The molecule has 1 N–H and O–H groups in total. The minimum atomic E-state index is -0.574. The lowest BCUT2D eigenvalue weighted by molar-refractivity contribution is 0.502. The van der Waals surface area contributed by atoms with E-state index in [9.17, 15) is 4.21 Å². The van der Waals surface area contributed by atoms with Gasteiger partial charge in [0.2, 0.25) is 0 Å². The van der Waals surface area contributed by atoms with Crippen molar-refractivity contribution in [2.75, 3.05) is 18.1 Å². The number of hydrogen-bond acceptors (Lipinski definition) is 2. The summed E-state index contributed by atoms with van der Waals surface area (Å²) in [5, 5.41) is 3.51. The molecule has 0 bridgehead atoms. The average molecular weight is 249 g/mol. The molecule has 1 aliphatic rings. The molecule has 1 heterocycles. The van der Waals surface area contributed by atoms with Crippen molar-refractivity contribution in [3.05, 3.63) is 42.5 Å². The number of benzene rings is 1. The van der Waals surface area contributed by atoms with Crippen LogP contribution in [0.2, 0.25) is 0 Å². The van der Waals surface area contributed by atoms with E-state index in [1.165, 1.54) is 5.56 Å². The summed E-state index contributed by atoms with van der Waals surface area (Å²) in [5.74, 6) is 1.69. The van der Waals surface area contributed by atoms with E-state index in [1.807, 2.05) is 18.2 Å². The van der Waals surface area contributed by atoms with E-state index in [0.717, 1.165) is 36.5 Å². The Bertz CT molecular complexity index is 392. The maximum Gasteiger partial charge on any atom is 0.0249 e. The Morgan fingerprint density at radius 3 is 2.59 bits per heavy atom. The minimum Gasteiger partial charge on any atom is -0.310 e. The van der Waals surface area contributed by atoms with Gasteiger partial charge in [-0.2, -0.15) is 0 Å². The third kappa shape index (κ3) is 3.79. The van der Waals surface area contributed by atoms with Gasteiger partial charge >= 0.3 is 0 Å². The smallest absolute Gasteiger partial charge is 0.0249 e. The molecule has 0 aliphatic carbocycles. The minimum absolute atomic E-state index is 0.508. The van der Waals surface area contributed by atoms with E-state index in [0.29, 0.717) is 6.04 Å². The highest BCUT2D eigenvalue weighted by molar-refractivity contribution is 7.85. The largest absolute Gasteiger partial charge is 0.310 e. The highest BCUT2D eigenvalue weighted by Gasteiger charge is 2.17. The van der Waals surface area contributed by atoms with Crippen molar-refractivity contribution in [2.24, 2.45) is 0 Å². The van der Waals surface area contributed by atoms with Gasteiger partial charge in [0.05, 0.1) is 0 Å². The maximum absolute atomic E-state index is 11.2. The third-order valence-corrected chi connectivity index (χ3v) is 4.56. The first kappa shape index (κ1) is 12.5. The molecule has 2 rings (SSSR count). The first-order chi connectivity index (χ1) is 8.25. The maximum atomic E-state index is 11.2. The first-order valence-corrected chi connectivity index (χ1v) is 7.56. The van der Waals surface area contributed by atoms with Crippen LogP contribution in [0.5, 0.6) is 0 Å². The zero-order valence-electron chi connectivity index (χ0n) is 10.0. The number of rotatable bonds is 4. The summed E-state index contributed by atoms with van der Waals surface area (Å²) in [4.78, 5) is 0. The normalized spacial score (nSPS) is 24.5. The molecule has 2 nitrogen and oxygen atoms in total. The molecule has 3 heteroatoms. The van der Waals surface area contributed by atoms with Crippen molar-refractivity contribution < 1.29 is 4.21 Å². The van der Waals surface area contributed by atoms with Crippen molar-refractivity contribution in [3.63, 3.8) is 0 Å². The van der Waals surface area contributed by atoms with Crippen LogP contribution in [-0.2, 0) is 10.8 Å². The third-order valence-electron chi connectivity index (χ3n) is 3.17. The van der Waals surface area contributed by atoms with Crippen LogP contribution in [0.1, 0.15) is 18.4 Å². The topological polar surface area (TPSA) is 29.1 Å². The van der Waals surface area contributed by atoms with Crippen LogP contribution in [0.4, 0.5) is 0 Å². The average Bonchev–Trinajstić information content (AvgIpc) is 2.39. The summed E-state index contributed by atoms with van der Waals surface area (Å²) in [6.45, 7) is 4.92. The molecule has 0 amide bonds. The predicted octanol–water partition coefficient (Wildman–Crippen LogP) is 2.20. The van der Waals surface area contributed by atoms with E-state index in [1.54, 1.807) is 0 Å². The lowest BCUT2D eigenvalue weighted by Crippen LogP contribution is -2.36. The van der Waals surface area contributed by atoms with Crippen molar-refractivity contribution in [3.8, 4) is 0 Å². The van der Waals surface area contributed by atoms with Gasteiger partial charge in [-0.3, -0.25) is 4.21 Å². The van der Waals surface area contributed by atoms with Gasteiger partial charge in [-0.1, -0.05) is 36.9 Å². The Morgan fingerprint density at radius 2 is 1.94 bits per heavy atom. The van der Waals surface area contributed by atoms with E-state index < -0.39 is 10.8 Å². The van der Waals surface area contributed by atoms with Gasteiger partial charge in [0, 0.05) is 34.9 Å². The first-order valence-electron chi connectivity index (χ1n) is 6.07. The second kappa shape index (κ2) is 6.12. The van der Waals surface area contributed by atoms with Gasteiger partial charge in [-0.15, -0.1) is 0 Å². The van der Waals surface area contributed by atoms with Gasteiger partial charge in [0.25, 0.3) is 0 Å². The fourth-order valence-electron chi connectivity index (χ4n) is 2.04. The second-order valence-corrected chi connectivity index (χ2v) is 6.17. The summed E-state index contributed by atoms with van der Waals surface area (Å²) in [6.07, 6.45) is 2.05. The van der Waals surface area contributed by atoms with Crippen LogP contribution in [0, 0.1) is 0 Å².